The summed E-state index contributed by atoms with van der Waals surface area (Å²) in [4.78, 5) is 4.11. The molecule has 2 aromatic carbocycles. The van der Waals surface area contributed by atoms with Crippen LogP contribution in [0.25, 0.3) is 0 Å². The van der Waals surface area contributed by atoms with Gasteiger partial charge in [-0.05, 0) is 52.0 Å². The first kappa shape index (κ1) is 18.0. The summed E-state index contributed by atoms with van der Waals surface area (Å²) >= 11 is 0. The Morgan fingerprint density at radius 1 is 0.727 bits per heavy atom. The minimum atomic E-state index is 0.326. The Hall–Kier alpha value is -2.04. The van der Waals surface area contributed by atoms with Gasteiger partial charge in [-0.15, -0.1) is 0 Å². The largest absolute Gasteiger partial charge is 0.508 e. The van der Waals surface area contributed by atoms with E-state index in [4.69, 9.17) is 5.11 Å². The van der Waals surface area contributed by atoms with Crippen LogP contribution < -0.4 is 0 Å². The lowest BCUT2D eigenvalue weighted by Crippen LogP contribution is -2.10. The number of benzene rings is 2. The third kappa shape index (κ3) is 7.11. The van der Waals surface area contributed by atoms with Crippen molar-refractivity contribution >= 4 is 0 Å². The van der Waals surface area contributed by atoms with Crippen LogP contribution in [-0.4, -0.2) is 48.2 Å². The van der Waals surface area contributed by atoms with Crippen molar-refractivity contribution in [1.29, 1.82) is 0 Å². The molecule has 2 N–H and O–H groups in total. The zero-order valence-electron chi connectivity index (χ0n) is 13.8. The maximum Gasteiger partial charge on any atom is 0.120 e. The third-order valence-corrected chi connectivity index (χ3v) is 2.91. The van der Waals surface area contributed by atoms with Gasteiger partial charge in [0.25, 0.3) is 0 Å². The molecule has 0 aromatic heterocycles. The van der Waals surface area contributed by atoms with Gasteiger partial charge in [0.15, 0.2) is 0 Å². The van der Waals surface area contributed by atoms with Crippen LogP contribution >= 0.6 is 0 Å². The van der Waals surface area contributed by atoms with E-state index < -0.39 is 0 Å². The van der Waals surface area contributed by atoms with Crippen molar-refractivity contribution in [2.45, 2.75) is 13.1 Å². The molecular weight excluding hydrogens is 276 g/mol. The first-order valence-corrected chi connectivity index (χ1v) is 7.22. The van der Waals surface area contributed by atoms with Gasteiger partial charge >= 0.3 is 0 Å². The summed E-state index contributed by atoms with van der Waals surface area (Å²) in [7, 11) is 8.00. The summed E-state index contributed by atoms with van der Waals surface area (Å²) in [6, 6.07) is 14.7. The lowest BCUT2D eigenvalue weighted by atomic mass is 10.2. The Morgan fingerprint density at radius 2 is 1.27 bits per heavy atom. The summed E-state index contributed by atoms with van der Waals surface area (Å²) in [5, 5.41) is 18.3. The second kappa shape index (κ2) is 9.07. The van der Waals surface area contributed by atoms with Crippen LogP contribution in [0.5, 0.6) is 11.5 Å². The van der Waals surface area contributed by atoms with E-state index in [0.717, 1.165) is 18.7 Å². The molecule has 0 bridgehead atoms. The van der Waals surface area contributed by atoms with E-state index in [1.165, 1.54) is 5.56 Å². The first-order chi connectivity index (χ1) is 10.4. The van der Waals surface area contributed by atoms with E-state index in [1.54, 1.807) is 18.2 Å². The fourth-order valence-corrected chi connectivity index (χ4v) is 1.95. The van der Waals surface area contributed by atoms with Gasteiger partial charge in [0, 0.05) is 18.7 Å². The van der Waals surface area contributed by atoms with Crippen LogP contribution in [0.4, 0.5) is 0 Å². The Labute approximate surface area is 133 Å². The molecule has 0 aliphatic heterocycles. The molecule has 0 fully saturated rings. The topological polar surface area (TPSA) is 46.9 Å². The number of para-hydroxylation sites is 1. The van der Waals surface area contributed by atoms with Gasteiger partial charge in [-0.1, -0.05) is 30.3 Å². The molecule has 0 saturated heterocycles. The van der Waals surface area contributed by atoms with Gasteiger partial charge in [0.2, 0.25) is 0 Å². The Bertz CT molecular complexity index is 551. The fraction of sp³-hybridized carbons (Fsp3) is 0.333. The zero-order valence-corrected chi connectivity index (χ0v) is 13.8. The van der Waals surface area contributed by atoms with Gasteiger partial charge in [-0.2, -0.15) is 0 Å². The summed E-state index contributed by atoms with van der Waals surface area (Å²) in [5.41, 5.74) is 2.19. The van der Waals surface area contributed by atoms with Crippen molar-refractivity contribution in [3.05, 3.63) is 59.7 Å². The molecule has 0 saturated carbocycles. The van der Waals surface area contributed by atoms with E-state index in [-0.39, 0.29) is 0 Å². The molecule has 22 heavy (non-hydrogen) atoms. The predicted octanol–water partition coefficient (Wildman–Crippen LogP) is 2.91. The van der Waals surface area contributed by atoms with Crippen molar-refractivity contribution < 1.29 is 10.2 Å². The number of rotatable bonds is 4. The summed E-state index contributed by atoms with van der Waals surface area (Å²) < 4.78 is 0. The van der Waals surface area contributed by atoms with Crippen LogP contribution in [0, 0.1) is 0 Å². The average molecular weight is 302 g/mol. The van der Waals surface area contributed by atoms with Crippen LogP contribution in [0.15, 0.2) is 48.5 Å². The first-order valence-electron chi connectivity index (χ1n) is 7.22. The second-order valence-corrected chi connectivity index (χ2v) is 5.77. The molecule has 0 heterocycles. The van der Waals surface area contributed by atoms with Crippen molar-refractivity contribution in [3.63, 3.8) is 0 Å². The molecule has 0 radical (unpaired) electrons. The molecule has 4 heteroatoms. The van der Waals surface area contributed by atoms with Crippen LogP contribution in [-0.2, 0) is 13.1 Å². The molecule has 0 aliphatic carbocycles. The normalized spacial score (nSPS) is 10.5. The second-order valence-electron chi connectivity index (χ2n) is 5.77. The number of phenolic OH excluding ortho intramolecular Hbond substituents is 2. The van der Waals surface area contributed by atoms with Crippen LogP contribution in [0.1, 0.15) is 11.1 Å². The van der Waals surface area contributed by atoms with Crippen molar-refractivity contribution in [2.24, 2.45) is 0 Å². The summed E-state index contributed by atoms with van der Waals surface area (Å²) in [6.07, 6.45) is 0. The highest BCUT2D eigenvalue weighted by atomic mass is 16.3. The molecule has 120 valence electrons. The molecular formula is C18H26N2O2. The minimum absolute atomic E-state index is 0.326. The van der Waals surface area contributed by atoms with E-state index in [9.17, 15) is 5.11 Å². The lowest BCUT2D eigenvalue weighted by Gasteiger charge is -2.10. The standard InChI is InChI=1S/2C9H13NO/c1-10(2)7-8-3-5-9(11)6-4-8;1-10(2)7-8-5-3-4-6-9(8)11/h2*3-6,11H,7H2,1-2H3. The predicted molar refractivity (Wildman–Crippen MR) is 91.0 cm³/mol. The number of aromatic hydroxyl groups is 2. The monoisotopic (exact) mass is 302 g/mol. The number of hydrogen-bond donors (Lipinski definition) is 2. The van der Waals surface area contributed by atoms with Crippen molar-refractivity contribution in [1.82, 2.24) is 9.80 Å². The average Bonchev–Trinajstić information content (AvgIpc) is 2.44. The molecule has 4 nitrogen and oxygen atoms in total. The summed E-state index contributed by atoms with van der Waals surface area (Å²) in [6.45, 7) is 1.70. The maximum atomic E-state index is 9.33. The van der Waals surface area contributed by atoms with E-state index >= 15 is 0 Å². The number of phenols is 2. The molecule has 0 atom stereocenters. The van der Waals surface area contributed by atoms with E-state index in [0.29, 0.717) is 11.5 Å². The van der Waals surface area contributed by atoms with Crippen molar-refractivity contribution in [2.75, 3.05) is 28.2 Å². The van der Waals surface area contributed by atoms with E-state index in [2.05, 4.69) is 4.90 Å². The van der Waals surface area contributed by atoms with Crippen LogP contribution in [0.3, 0.4) is 0 Å². The zero-order chi connectivity index (χ0) is 16.5. The van der Waals surface area contributed by atoms with Gasteiger partial charge in [-0.3, -0.25) is 0 Å². The highest BCUT2D eigenvalue weighted by Crippen LogP contribution is 2.16. The van der Waals surface area contributed by atoms with Gasteiger partial charge < -0.3 is 20.0 Å². The molecule has 0 spiro atoms. The Morgan fingerprint density at radius 3 is 1.77 bits per heavy atom. The maximum absolute atomic E-state index is 9.33. The number of hydrogen-bond acceptors (Lipinski definition) is 4. The van der Waals surface area contributed by atoms with Crippen LogP contribution in [0.2, 0.25) is 0 Å². The fourth-order valence-electron chi connectivity index (χ4n) is 1.95. The molecule has 0 unspecified atom stereocenters. The van der Waals surface area contributed by atoms with Gasteiger partial charge in [0.1, 0.15) is 11.5 Å². The van der Waals surface area contributed by atoms with E-state index in [1.807, 2.05) is 63.4 Å². The summed E-state index contributed by atoms with van der Waals surface area (Å²) in [5.74, 6) is 0.703. The van der Waals surface area contributed by atoms with Gasteiger partial charge in [0.05, 0.1) is 0 Å². The Kier molecular flexibility index (Phi) is 7.43. The van der Waals surface area contributed by atoms with Gasteiger partial charge in [-0.25, -0.2) is 0 Å². The molecule has 0 aliphatic rings. The molecule has 2 aromatic rings. The highest BCUT2D eigenvalue weighted by molar-refractivity contribution is 5.31. The molecule has 2 rings (SSSR count). The number of nitrogens with zero attached hydrogens (tertiary/aromatic N) is 2. The quantitative estimate of drug-likeness (QED) is 0.911. The minimum Gasteiger partial charge on any atom is -0.508 e. The lowest BCUT2D eigenvalue weighted by molar-refractivity contribution is 0.386. The smallest absolute Gasteiger partial charge is 0.120 e. The Balaban J connectivity index is 0.000000220. The SMILES string of the molecule is CN(C)Cc1ccc(O)cc1.CN(C)Cc1ccccc1O. The molecule has 0 amide bonds. The highest BCUT2D eigenvalue weighted by Gasteiger charge is 1.99. The van der Waals surface area contributed by atoms with Crippen molar-refractivity contribution in [3.8, 4) is 11.5 Å². The third-order valence-electron chi connectivity index (χ3n) is 2.91.